The van der Waals surface area contributed by atoms with E-state index < -0.39 is 26.9 Å². The van der Waals surface area contributed by atoms with Crippen LogP contribution in [0.4, 0.5) is 0 Å². The topological polar surface area (TPSA) is 219 Å². The van der Waals surface area contributed by atoms with Crippen molar-refractivity contribution in [2.45, 2.75) is 0 Å². The molecule has 15 heteroatoms. The smallest absolute Gasteiger partial charge is 0.339 e. The quantitative estimate of drug-likeness (QED) is 0.304. The number of hydrogen-bond acceptors (Lipinski definition) is 6. The molecule has 0 amide bonds. The Morgan fingerprint density at radius 3 is 2.05 bits per heavy atom. The lowest BCUT2D eigenvalue weighted by Gasteiger charge is -2.03. The number of H-pyrrole nitrogens is 3. The molecule has 2 rings (SSSR count). The van der Waals surface area contributed by atoms with Gasteiger partial charge in [0.05, 0.1) is 6.33 Å². The summed E-state index contributed by atoms with van der Waals surface area (Å²) in [5.74, 6) is 0. The zero-order valence-electron chi connectivity index (χ0n) is 9.25. The minimum atomic E-state index is -5.05. The Labute approximate surface area is 108 Å². The molecule has 0 bridgehead atoms. The third kappa shape index (κ3) is 5.59. The Balaban J connectivity index is 0.000000206. The largest absolute Gasteiger partial charge is 0.478 e. The fourth-order valence-corrected chi connectivity index (χ4v) is 2.11. The molecule has 0 unspecified atom stereocenters. The van der Waals surface area contributed by atoms with E-state index in [-0.39, 0.29) is 11.2 Å². The summed E-state index contributed by atoms with van der Waals surface area (Å²) in [7, 11) is -10.1. The zero-order valence-corrected chi connectivity index (χ0v) is 11.0. The van der Waals surface area contributed by atoms with Gasteiger partial charge in [-0.25, -0.2) is 18.9 Å². The number of hydrogen-bond donors (Lipinski definition) is 7. The van der Waals surface area contributed by atoms with Crippen molar-refractivity contribution in [1.29, 1.82) is 0 Å². The average molecular weight is 330 g/mol. The summed E-state index contributed by atoms with van der Waals surface area (Å²) >= 11 is 0. The maximum Gasteiger partial charge on any atom is 0.478 e. The summed E-state index contributed by atoms with van der Waals surface area (Å²) in [6.45, 7) is 0. The number of fused-ring (bicyclic) bond motifs is 1. The maximum absolute atomic E-state index is 10.9. The Kier molecular flexibility index (Phi) is 4.78. The molecule has 0 radical (unpaired) electrons. The van der Waals surface area contributed by atoms with Gasteiger partial charge in [-0.2, -0.15) is 4.31 Å². The maximum atomic E-state index is 10.9. The van der Waals surface area contributed by atoms with Gasteiger partial charge in [0, 0.05) is 0 Å². The monoisotopic (exact) mass is 330 g/mol. The van der Waals surface area contributed by atoms with E-state index in [0.29, 0.717) is 0 Å². The molecule has 0 saturated carbocycles. The van der Waals surface area contributed by atoms with E-state index >= 15 is 0 Å². The molecule has 0 aromatic carbocycles. The minimum absolute atomic E-state index is 0.277. The van der Waals surface area contributed by atoms with Crippen LogP contribution >= 0.6 is 15.6 Å². The summed E-state index contributed by atoms with van der Waals surface area (Å²) in [5.41, 5.74) is -0.445. The van der Waals surface area contributed by atoms with Crippen LogP contribution in [0.3, 0.4) is 0 Å². The van der Waals surface area contributed by atoms with Gasteiger partial charge in [0.2, 0.25) is 0 Å². The van der Waals surface area contributed by atoms with Crippen LogP contribution in [-0.4, -0.2) is 39.5 Å². The van der Waals surface area contributed by atoms with E-state index in [1.807, 2.05) is 0 Å². The van der Waals surface area contributed by atoms with Crippen molar-refractivity contribution in [2.24, 2.45) is 0 Å². The molecule has 112 valence electrons. The van der Waals surface area contributed by atoms with Gasteiger partial charge in [0.15, 0.2) is 5.65 Å². The zero-order chi connectivity index (χ0) is 15.6. The van der Waals surface area contributed by atoms with Gasteiger partial charge < -0.3 is 24.6 Å². The number of nitrogens with one attached hydrogen (secondary N) is 3. The molecule has 0 fully saturated rings. The van der Waals surface area contributed by atoms with Crippen LogP contribution in [0.5, 0.6) is 0 Å². The van der Waals surface area contributed by atoms with Crippen molar-refractivity contribution in [3.8, 4) is 0 Å². The van der Waals surface area contributed by atoms with Crippen LogP contribution in [0.15, 0.2) is 15.9 Å². The van der Waals surface area contributed by atoms with Gasteiger partial charge in [-0.1, -0.05) is 0 Å². The number of aromatic nitrogens is 4. The van der Waals surface area contributed by atoms with Gasteiger partial charge >= 0.3 is 21.3 Å². The standard InChI is InChI=1S/C5H4N4O2.H4O7P2/c10-4-2-3(7-1-6-2)8-5(11)9-4;1-8(2,3)7-9(4,5)6/h1H,(H3,6,7,8,9,10,11);(H2,1,2,3)(H2,4,5,6). The molecule has 0 aliphatic rings. The molecule has 13 nitrogen and oxygen atoms in total. The van der Waals surface area contributed by atoms with Gasteiger partial charge in [0.25, 0.3) is 5.56 Å². The average Bonchev–Trinajstić information content (AvgIpc) is 2.59. The highest BCUT2D eigenvalue weighted by molar-refractivity contribution is 7.60. The molecule has 20 heavy (non-hydrogen) atoms. The lowest BCUT2D eigenvalue weighted by molar-refractivity contribution is 0.225. The summed E-state index contributed by atoms with van der Waals surface area (Å²) in [6.07, 6.45) is 1.34. The molecule has 0 aliphatic heterocycles. The summed E-state index contributed by atoms with van der Waals surface area (Å²) < 4.78 is 22.2. The van der Waals surface area contributed by atoms with Gasteiger partial charge in [-0.3, -0.25) is 14.8 Å². The van der Waals surface area contributed by atoms with E-state index in [0.717, 1.165) is 0 Å². The first-order valence-corrected chi connectivity index (χ1v) is 7.52. The Hall–Kier alpha value is -1.59. The molecule has 2 aromatic heterocycles. The number of rotatable bonds is 2. The van der Waals surface area contributed by atoms with Gasteiger partial charge in [0.1, 0.15) is 5.52 Å². The third-order valence-electron chi connectivity index (χ3n) is 1.54. The van der Waals surface area contributed by atoms with Crippen LogP contribution in [0.1, 0.15) is 0 Å². The van der Waals surface area contributed by atoms with Crippen molar-refractivity contribution >= 4 is 26.8 Å². The third-order valence-corrected chi connectivity index (χ3v) is 3.24. The second-order valence-electron chi connectivity index (χ2n) is 3.10. The predicted octanol–water partition coefficient (Wildman–Crippen LogP) is -1.87. The van der Waals surface area contributed by atoms with Crippen LogP contribution in [0, 0.1) is 0 Å². The molecule has 7 N–H and O–H groups in total. The molecule has 0 saturated heterocycles. The van der Waals surface area contributed by atoms with E-state index in [2.05, 4.69) is 24.2 Å². The molecule has 0 spiro atoms. The number of imidazole rings is 1. The molecular weight excluding hydrogens is 322 g/mol. The number of aromatic amines is 3. The van der Waals surface area contributed by atoms with Crippen LogP contribution in [0.25, 0.3) is 11.2 Å². The predicted molar refractivity (Wildman–Crippen MR) is 62.5 cm³/mol. The second kappa shape index (κ2) is 5.81. The fraction of sp³-hybridized carbons (Fsp3) is 0. The first-order valence-electron chi connectivity index (χ1n) is 4.46. The van der Waals surface area contributed by atoms with E-state index in [1.54, 1.807) is 0 Å². The van der Waals surface area contributed by atoms with Gasteiger partial charge in [-0.05, 0) is 0 Å². The summed E-state index contributed by atoms with van der Waals surface area (Å²) in [6, 6.07) is 0. The first-order chi connectivity index (χ1) is 8.98. The van der Waals surface area contributed by atoms with Crippen LogP contribution in [0.2, 0.25) is 0 Å². The molecular formula is C5H8N4O9P2. The van der Waals surface area contributed by atoms with E-state index in [9.17, 15) is 18.7 Å². The summed E-state index contributed by atoms with van der Waals surface area (Å²) in [5, 5.41) is 0. The lowest BCUT2D eigenvalue weighted by atomic mass is 10.5. The van der Waals surface area contributed by atoms with E-state index in [4.69, 9.17) is 19.6 Å². The highest BCUT2D eigenvalue weighted by atomic mass is 31.3. The molecule has 2 aromatic rings. The second-order valence-corrected chi connectivity index (χ2v) is 5.71. The van der Waals surface area contributed by atoms with Crippen LogP contribution in [-0.2, 0) is 13.4 Å². The lowest BCUT2D eigenvalue weighted by Crippen LogP contribution is -2.21. The van der Waals surface area contributed by atoms with Crippen molar-refractivity contribution in [3.63, 3.8) is 0 Å². The highest BCUT2D eigenvalue weighted by Gasteiger charge is 2.27. The number of phosphoric acid groups is 2. The summed E-state index contributed by atoms with van der Waals surface area (Å²) in [4.78, 5) is 63.3. The van der Waals surface area contributed by atoms with Crippen molar-refractivity contribution in [2.75, 3.05) is 0 Å². The van der Waals surface area contributed by atoms with Crippen LogP contribution < -0.4 is 11.2 Å². The highest BCUT2D eigenvalue weighted by Crippen LogP contribution is 2.53. The van der Waals surface area contributed by atoms with Crippen molar-refractivity contribution in [3.05, 3.63) is 27.2 Å². The SMILES string of the molecule is O=P(O)(O)OP(=O)(O)O.O=c1[nH]c(=O)c2[nH]cnc2[nH]1. The van der Waals surface area contributed by atoms with Crippen molar-refractivity contribution < 1.29 is 33.0 Å². The molecule has 0 aliphatic carbocycles. The number of nitrogens with zero attached hydrogens (tertiary/aromatic N) is 1. The van der Waals surface area contributed by atoms with Gasteiger partial charge in [-0.15, -0.1) is 0 Å². The van der Waals surface area contributed by atoms with Crippen molar-refractivity contribution in [1.82, 2.24) is 19.9 Å². The minimum Gasteiger partial charge on any atom is -0.339 e. The fourth-order valence-electron chi connectivity index (χ4n) is 1.01. The Bertz CT molecular complexity index is 772. The first kappa shape index (κ1) is 16.5. The van der Waals surface area contributed by atoms with E-state index in [1.165, 1.54) is 6.33 Å². The molecule has 0 atom stereocenters. The normalized spacial score (nSPS) is 12.0. The Morgan fingerprint density at radius 1 is 1.05 bits per heavy atom. The Morgan fingerprint density at radius 2 is 1.60 bits per heavy atom. The molecule has 2 heterocycles.